The highest BCUT2D eigenvalue weighted by molar-refractivity contribution is 7.90. The fraction of sp³-hybridized carbons (Fsp3) is 0.400. The van der Waals surface area contributed by atoms with Crippen molar-refractivity contribution in [1.29, 1.82) is 0 Å². The number of anilines is 1. The van der Waals surface area contributed by atoms with Gasteiger partial charge in [0.1, 0.15) is 5.75 Å². The molecule has 0 aromatic heterocycles. The third-order valence-corrected chi connectivity index (χ3v) is 4.43. The molecule has 88 valence electrons. The van der Waals surface area contributed by atoms with E-state index in [-0.39, 0.29) is 17.5 Å². The van der Waals surface area contributed by atoms with Crippen LogP contribution in [0.15, 0.2) is 18.2 Å². The van der Waals surface area contributed by atoms with E-state index >= 15 is 0 Å². The van der Waals surface area contributed by atoms with Gasteiger partial charge in [0.25, 0.3) is 0 Å². The van der Waals surface area contributed by atoms with Gasteiger partial charge in [0, 0.05) is 17.8 Å². The zero-order valence-electron chi connectivity index (χ0n) is 8.68. The van der Waals surface area contributed by atoms with Crippen LogP contribution in [0.25, 0.3) is 0 Å². The van der Waals surface area contributed by atoms with E-state index in [1.54, 1.807) is 12.1 Å². The van der Waals surface area contributed by atoms with Gasteiger partial charge >= 0.3 is 0 Å². The Labute approximate surface area is 94.3 Å². The molecular weight excluding hydrogens is 228 g/mol. The van der Waals surface area contributed by atoms with Crippen molar-refractivity contribution in [2.24, 2.45) is 0 Å². The maximum Gasteiger partial charge on any atom is 0.214 e. The Kier molecular flexibility index (Phi) is 2.77. The Hall–Kier alpha value is -1.27. The highest BCUT2D eigenvalue weighted by Crippen LogP contribution is 2.28. The Balaban J connectivity index is 2.07. The van der Waals surface area contributed by atoms with Crippen molar-refractivity contribution in [3.05, 3.63) is 23.8 Å². The van der Waals surface area contributed by atoms with Gasteiger partial charge in [-0.3, -0.25) is 0 Å². The van der Waals surface area contributed by atoms with Crippen molar-refractivity contribution in [1.82, 2.24) is 4.72 Å². The largest absolute Gasteiger partial charge is 0.508 e. The molecule has 0 bridgehead atoms. The Morgan fingerprint density at radius 3 is 2.75 bits per heavy atom. The number of rotatable bonds is 4. The quantitative estimate of drug-likeness (QED) is 0.531. The van der Waals surface area contributed by atoms with Crippen LogP contribution in [0.1, 0.15) is 18.4 Å². The van der Waals surface area contributed by atoms with Crippen molar-refractivity contribution < 1.29 is 13.5 Å². The van der Waals surface area contributed by atoms with Crippen LogP contribution in [0.2, 0.25) is 0 Å². The second kappa shape index (κ2) is 3.95. The summed E-state index contributed by atoms with van der Waals surface area (Å²) in [5.74, 6) is 0.0488. The van der Waals surface area contributed by atoms with E-state index in [2.05, 4.69) is 4.72 Å². The number of nitrogen functional groups attached to an aromatic ring is 1. The molecular formula is C10H14N2O3S. The average molecular weight is 242 g/mol. The monoisotopic (exact) mass is 242 g/mol. The number of nitrogens with two attached hydrogens (primary N) is 1. The number of hydrogen-bond donors (Lipinski definition) is 3. The summed E-state index contributed by atoms with van der Waals surface area (Å²) in [4.78, 5) is 0. The number of phenolic OH excluding ortho intramolecular Hbond substituents is 1. The molecule has 16 heavy (non-hydrogen) atoms. The van der Waals surface area contributed by atoms with Gasteiger partial charge in [0.2, 0.25) is 10.0 Å². The van der Waals surface area contributed by atoms with Crippen molar-refractivity contribution in [2.45, 2.75) is 24.6 Å². The van der Waals surface area contributed by atoms with E-state index in [0.29, 0.717) is 11.3 Å². The zero-order valence-corrected chi connectivity index (χ0v) is 9.50. The van der Waals surface area contributed by atoms with Crippen molar-refractivity contribution in [3.63, 3.8) is 0 Å². The maximum absolute atomic E-state index is 11.5. The fourth-order valence-electron chi connectivity index (χ4n) is 1.42. The van der Waals surface area contributed by atoms with E-state index in [0.717, 1.165) is 12.8 Å². The van der Waals surface area contributed by atoms with E-state index in [1.807, 2.05) is 0 Å². The number of sulfonamides is 1. The Morgan fingerprint density at radius 1 is 1.44 bits per heavy atom. The summed E-state index contributed by atoms with van der Waals surface area (Å²) in [6, 6.07) is 4.58. The second-order valence-corrected chi connectivity index (χ2v) is 6.00. The summed E-state index contributed by atoms with van der Waals surface area (Å²) in [6.45, 7) is 0.0791. The first-order valence-electron chi connectivity index (χ1n) is 5.05. The SMILES string of the molecule is Nc1ccc(O)c(CNS(=O)(=O)C2CC2)c1. The molecule has 0 saturated heterocycles. The summed E-state index contributed by atoms with van der Waals surface area (Å²) in [7, 11) is -3.22. The molecule has 0 radical (unpaired) electrons. The molecule has 1 aromatic carbocycles. The van der Waals surface area contributed by atoms with Gasteiger partial charge in [-0.25, -0.2) is 13.1 Å². The first-order valence-corrected chi connectivity index (χ1v) is 6.59. The molecule has 5 nitrogen and oxygen atoms in total. The summed E-state index contributed by atoms with van der Waals surface area (Å²) >= 11 is 0. The molecule has 0 heterocycles. The van der Waals surface area contributed by atoms with E-state index in [4.69, 9.17) is 5.73 Å². The third kappa shape index (κ3) is 2.45. The van der Waals surface area contributed by atoms with Crippen LogP contribution in [-0.2, 0) is 16.6 Å². The lowest BCUT2D eigenvalue weighted by atomic mass is 10.2. The minimum atomic E-state index is -3.22. The fourth-order valence-corrected chi connectivity index (χ4v) is 2.77. The van der Waals surface area contributed by atoms with Gasteiger partial charge < -0.3 is 10.8 Å². The number of phenols is 1. The maximum atomic E-state index is 11.5. The molecule has 0 unspecified atom stereocenters. The molecule has 0 aliphatic heterocycles. The molecule has 0 amide bonds. The van der Waals surface area contributed by atoms with Crippen molar-refractivity contribution in [2.75, 3.05) is 5.73 Å². The summed E-state index contributed by atoms with van der Waals surface area (Å²) in [6.07, 6.45) is 1.44. The second-order valence-electron chi connectivity index (χ2n) is 3.95. The molecule has 1 aliphatic carbocycles. The van der Waals surface area contributed by atoms with Gasteiger partial charge in [0.15, 0.2) is 0 Å². The Bertz CT molecular complexity index is 495. The lowest BCUT2D eigenvalue weighted by molar-refractivity contribution is 0.467. The van der Waals surface area contributed by atoms with Crippen LogP contribution in [0.3, 0.4) is 0 Å². The molecule has 0 spiro atoms. The normalized spacial score (nSPS) is 16.2. The number of aromatic hydroxyl groups is 1. The first-order chi connectivity index (χ1) is 7.49. The molecule has 1 fully saturated rings. The Morgan fingerprint density at radius 2 is 2.12 bits per heavy atom. The molecule has 0 atom stereocenters. The standard InChI is InChI=1S/C10H14N2O3S/c11-8-1-4-10(13)7(5-8)6-12-16(14,15)9-2-3-9/h1,4-5,9,12-13H,2-3,6,11H2. The van der Waals surface area contributed by atoms with Crippen molar-refractivity contribution >= 4 is 15.7 Å². The highest BCUT2D eigenvalue weighted by atomic mass is 32.2. The lowest BCUT2D eigenvalue weighted by Crippen LogP contribution is -2.26. The van der Waals surface area contributed by atoms with Crippen LogP contribution in [-0.4, -0.2) is 18.8 Å². The van der Waals surface area contributed by atoms with Gasteiger partial charge in [0.05, 0.1) is 5.25 Å². The predicted octanol–water partition coefficient (Wildman–Crippen LogP) is 0.556. The molecule has 1 aromatic rings. The average Bonchev–Trinajstić information content (AvgIpc) is 3.03. The number of benzene rings is 1. The van der Waals surface area contributed by atoms with E-state index in [1.165, 1.54) is 6.07 Å². The first kappa shape index (κ1) is 11.2. The van der Waals surface area contributed by atoms with Gasteiger partial charge in [-0.05, 0) is 31.0 Å². The summed E-state index contributed by atoms with van der Waals surface area (Å²) in [5, 5.41) is 9.24. The highest BCUT2D eigenvalue weighted by Gasteiger charge is 2.35. The van der Waals surface area contributed by atoms with Gasteiger partial charge in [-0.15, -0.1) is 0 Å². The molecule has 1 aliphatic rings. The van der Waals surface area contributed by atoms with Gasteiger partial charge in [-0.1, -0.05) is 0 Å². The van der Waals surface area contributed by atoms with Crippen LogP contribution < -0.4 is 10.5 Å². The topological polar surface area (TPSA) is 92.4 Å². The van der Waals surface area contributed by atoms with E-state index in [9.17, 15) is 13.5 Å². The number of nitrogens with one attached hydrogen (secondary N) is 1. The van der Waals surface area contributed by atoms with Crippen molar-refractivity contribution in [3.8, 4) is 5.75 Å². The summed E-state index contributed by atoms with van der Waals surface area (Å²) < 4.78 is 25.5. The van der Waals surface area contributed by atoms with Crippen LogP contribution in [0.4, 0.5) is 5.69 Å². The predicted molar refractivity (Wildman–Crippen MR) is 61.3 cm³/mol. The van der Waals surface area contributed by atoms with E-state index < -0.39 is 10.0 Å². The molecule has 6 heteroatoms. The summed E-state index contributed by atoms with van der Waals surface area (Å²) in [5.41, 5.74) is 6.54. The smallest absolute Gasteiger partial charge is 0.214 e. The zero-order chi connectivity index (χ0) is 11.8. The molecule has 2 rings (SSSR count). The van der Waals surface area contributed by atoms with Crippen LogP contribution >= 0.6 is 0 Å². The van der Waals surface area contributed by atoms with Gasteiger partial charge in [-0.2, -0.15) is 0 Å². The third-order valence-electron chi connectivity index (χ3n) is 2.53. The minimum absolute atomic E-state index is 0.0488. The van der Waals surface area contributed by atoms with Crippen LogP contribution in [0.5, 0.6) is 5.75 Å². The molecule has 4 N–H and O–H groups in total. The lowest BCUT2D eigenvalue weighted by Gasteiger charge is -2.07. The molecule has 1 saturated carbocycles. The van der Waals surface area contributed by atoms with Crippen LogP contribution in [0, 0.1) is 0 Å². The number of hydrogen-bond acceptors (Lipinski definition) is 4. The minimum Gasteiger partial charge on any atom is -0.508 e.